The molecule has 0 amide bonds. The molecule has 14 heavy (non-hydrogen) atoms. The Kier molecular flexibility index (Phi) is 8.92. The monoisotopic (exact) mass is 218 g/mol. The third kappa shape index (κ3) is 5.32. The molecule has 1 unspecified atom stereocenters. The van der Waals surface area contributed by atoms with Crippen LogP contribution in [-0.2, 0) is 4.74 Å². The van der Waals surface area contributed by atoms with E-state index in [2.05, 4.69) is 30.0 Å². The molecule has 0 radical (unpaired) electrons. The second-order valence-electron chi connectivity index (χ2n) is 4.07. The van der Waals surface area contributed by atoms with E-state index >= 15 is 0 Å². The van der Waals surface area contributed by atoms with Gasteiger partial charge in [0.05, 0.1) is 12.2 Å². The molecule has 0 aliphatic heterocycles. The van der Waals surface area contributed by atoms with Crippen molar-refractivity contribution in [3.05, 3.63) is 0 Å². The molecule has 0 heterocycles. The van der Waals surface area contributed by atoms with Gasteiger partial charge in [-0.3, -0.25) is 0 Å². The molecule has 0 aliphatic carbocycles. The van der Waals surface area contributed by atoms with E-state index < -0.39 is 0 Å². The second kappa shape index (κ2) is 8.68. The first-order valence-electron chi connectivity index (χ1n) is 6.08. The molecule has 0 bridgehead atoms. The smallest absolute Gasteiger partial charge is 0.0682 e. The van der Waals surface area contributed by atoms with Crippen molar-refractivity contribution in [2.45, 2.75) is 64.9 Å². The second-order valence-corrected chi connectivity index (χ2v) is 4.65. The summed E-state index contributed by atoms with van der Waals surface area (Å²) >= 11 is 0. The lowest BCUT2D eigenvalue weighted by atomic mass is 9.88. The van der Waals surface area contributed by atoms with Gasteiger partial charge in [-0.1, -0.05) is 40.0 Å². The Balaban J connectivity index is 4.21. The average Bonchev–Trinajstić information content (AvgIpc) is 2.16. The molecular weight excluding hydrogens is 191 g/mol. The summed E-state index contributed by atoms with van der Waals surface area (Å²) in [6, 6.07) is 0. The van der Waals surface area contributed by atoms with Crippen LogP contribution in [0.15, 0.2) is 0 Å². The fraction of sp³-hybridized carbons (Fsp3) is 1.00. The van der Waals surface area contributed by atoms with Gasteiger partial charge in [-0.05, 0) is 25.4 Å². The van der Waals surface area contributed by atoms with Gasteiger partial charge in [0.15, 0.2) is 0 Å². The van der Waals surface area contributed by atoms with Crippen LogP contribution in [0.3, 0.4) is 0 Å². The van der Waals surface area contributed by atoms with Gasteiger partial charge in [0.25, 0.3) is 0 Å². The topological polar surface area (TPSA) is 9.23 Å². The van der Waals surface area contributed by atoms with Crippen molar-refractivity contribution in [3.8, 4) is 0 Å². The fourth-order valence-corrected chi connectivity index (χ4v) is 2.35. The lowest BCUT2D eigenvalue weighted by molar-refractivity contribution is -0.0579. The molecule has 0 saturated heterocycles. The Morgan fingerprint density at radius 3 is 1.64 bits per heavy atom. The first-order valence-corrected chi connectivity index (χ1v) is 6.90. The molecule has 86 valence electrons. The standard InChI is InChI=1S/C12H27OP/c1-4-7-12(8-5-2,9-6-3)13-10-11-14/h4-11,14H2,1-3H3. The van der Waals surface area contributed by atoms with Gasteiger partial charge in [-0.2, -0.15) is 0 Å². The lowest BCUT2D eigenvalue weighted by Crippen LogP contribution is -2.33. The fourth-order valence-electron chi connectivity index (χ4n) is 2.23. The largest absolute Gasteiger partial charge is 0.375 e. The van der Waals surface area contributed by atoms with Crippen LogP contribution in [-0.4, -0.2) is 18.4 Å². The highest BCUT2D eigenvalue weighted by Crippen LogP contribution is 2.29. The summed E-state index contributed by atoms with van der Waals surface area (Å²) in [4.78, 5) is 0. The molecular formula is C12H27OP. The maximum Gasteiger partial charge on any atom is 0.0682 e. The van der Waals surface area contributed by atoms with Crippen molar-refractivity contribution < 1.29 is 4.74 Å². The predicted octanol–water partition coefficient (Wildman–Crippen LogP) is 4.02. The Bertz CT molecular complexity index is 108. The van der Waals surface area contributed by atoms with Gasteiger partial charge >= 0.3 is 0 Å². The van der Waals surface area contributed by atoms with Gasteiger partial charge in [-0.25, -0.2) is 0 Å². The molecule has 0 fully saturated rings. The van der Waals surface area contributed by atoms with Crippen molar-refractivity contribution in [2.75, 3.05) is 12.8 Å². The minimum absolute atomic E-state index is 0.189. The number of hydrogen-bond acceptors (Lipinski definition) is 1. The van der Waals surface area contributed by atoms with E-state index in [1.165, 1.54) is 38.5 Å². The van der Waals surface area contributed by atoms with Crippen LogP contribution in [0.5, 0.6) is 0 Å². The molecule has 2 heteroatoms. The van der Waals surface area contributed by atoms with E-state index in [1.54, 1.807) is 0 Å². The van der Waals surface area contributed by atoms with E-state index in [-0.39, 0.29) is 5.60 Å². The van der Waals surface area contributed by atoms with Crippen molar-refractivity contribution in [3.63, 3.8) is 0 Å². The minimum atomic E-state index is 0.189. The van der Waals surface area contributed by atoms with Crippen LogP contribution in [0, 0.1) is 0 Å². The van der Waals surface area contributed by atoms with E-state index in [9.17, 15) is 0 Å². The summed E-state index contributed by atoms with van der Waals surface area (Å²) in [5.41, 5.74) is 0.189. The third-order valence-corrected chi connectivity index (χ3v) is 2.88. The van der Waals surface area contributed by atoms with Crippen LogP contribution in [0.2, 0.25) is 0 Å². The molecule has 0 N–H and O–H groups in total. The molecule has 1 atom stereocenters. The quantitative estimate of drug-likeness (QED) is 0.531. The van der Waals surface area contributed by atoms with E-state index in [0.29, 0.717) is 0 Å². The summed E-state index contributed by atoms with van der Waals surface area (Å²) in [7, 11) is 2.74. The highest BCUT2D eigenvalue weighted by Gasteiger charge is 2.27. The zero-order valence-electron chi connectivity index (χ0n) is 10.1. The molecule has 0 spiro atoms. The summed E-state index contributed by atoms with van der Waals surface area (Å²) in [6.45, 7) is 7.66. The summed E-state index contributed by atoms with van der Waals surface area (Å²) < 4.78 is 6.08. The zero-order valence-corrected chi connectivity index (χ0v) is 11.3. The molecule has 0 aromatic heterocycles. The SMILES string of the molecule is CCCC(CCC)(CCC)OCCP. The van der Waals surface area contributed by atoms with Crippen LogP contribution < -0.4 is 0 Å². The Hall–Kier alpha value is 0.390. The van der Waals surface area contributed by atoms with Gasteiger partial charge in [-0.15, -0.1) is 9.24 Å². The number of ether oxygens (including phenoxy) is 1. The molecule has 0 saturated carbocycles. The maximum absolute atomic E-state index is 6.08. The predicted molar refractivity (Wildman–Crippen MR) is 68.0 cm³/mol. The number of rotatable bonds is 9. The summed E-state index contributed by atoms with van der Waals surface area (Å²) in [5.74, 6) is 0. The zero-order chi connectivity index (χ0) is 10.9. The average molecular weight is 218 g/mol. The highest BCUT2D eigenvalue weighted by atomic mass is 31.0. The van der Waals surface area contributed by atoms with E-state index in [0.717, 1.165) is 12.8 Å². The van der Waals surface area contributed by atoms with Crippen LogP contribution in [0.4, 0.5) is 0 Å². The van der Waals surface area contributed by atoms with Gasteiger partial charge < -0.3 is 4.74 Å². The Morgan fingerprint density at radius 1 is 0.929 bits per heavy atom. The third-order valence-electron chi connectivity index (χ3n) is 2.64. The van der Waals surface area contributed by atoms with Gasteiger partial charge in [0.1, 0.15) is 0 Å². The molecule has 0 rings (SSSR count). The van der Waals surface area contributed by atoms with Gasteiger partial charge in [0, 0.05) is 0 Å². The molecule has 0 aromatic carbocycles. The first kappa shape index (κ1) is 14.4. The molecule has 1 nitrogen and oxygen atoms in total. The molecule has 0 aromatic rings. The summed E-state index contributed by atoms with van der Waals surface area (Å²) in [5, 5.41) is 0. The summed E-state index contributed by atoms with van der Waals surface area (Å²) in [6.07, 6.45) is 8.42. The van der Waals surface area contributed by atoms with Crippen molar-refractivity contribution in [1.29, 1.82) is 0 Å². The van der Waals surface area contributed by atoms with E-state index in [1.807, 2.05) is 0 Å². The number of hydrogen-bond donors (Lipinski definition) is 0. The normalized spacial score (nSPS) is 12.0. The lowest BCUT2D eigenvalue weighted by Gasteiger charge is -2.33. The van der Waals surface area contributed by atoms with Crippen molar-refractivity contribution in [1.82, 2.24) is 0 Å². The Morgan fingerprint density at radius 2 is 1.36 bits per heavy atom. The van der Waals surface area contributed by atoms with E-state index in [4.69, 9.17) is 4.74 Å². The van der Waals surface area contributed by atoms with Crippen LogP contribution >= 0.6 is 9.24 Å². The first-order chi connectivity index (χ1) is 6.74. The van der Waals surface area contributed by atoms with Crippen molar-refractivity contribution in [2.24, 2.45) is 0 Å². The van der Waals surface area contributed by atoms with Crippen molar-refractivity contribution >= 4 is 9.24 Å². The van der Waals surface area contributed by atoms with Crippen LogP contribution in [0.25, 0.3) is 0 Å². The minimum Gasteiger partial charge on any atom is -0.375 e. The Labute approximate surface area is 92.2 Å². The highest BCUT2D eigenvalue weighted by molar-refractivity contribution is 7.16. The van der Waals surface area contributed by atoms with Gasteiger partial charge in [0.2, 0.25) is 0 Å². The maximum atomic E-state index is 6.08. The van der Waals surface area contributed by atoms with Crippen LogP contribution in [0.1, 0.15) is 59.3 Å². The molecule has 0 aliphatic rings.